The molecule has 2 saturated heterocycles. The van der Waals surface area contributed by atoms with Gasteiger partial charge in [0.25, 0.3) is 0 Å². The number of piperidine rings is 1. The second kappa shape index (κ2) is 4.58. The smallest absolute Gasteiger partial charge is 0.192 e. The van der Waals surface area contributed by atoms with E-state index >= 15 is 0 Å². The zero-order chi connectivity index (χ0) is 13.7. The van der Waals surface area contributed by atoms with Gasteiger partial charge in [0.2, 0.25) is 0 Å². The lowest BCUT2D eigenvalue weighted by Gasteiger charge is -2.43. The topological polar surface area (TPSA) is 32.7 Å². The average molecular weight is 271 g/mol. The number of hydrogen-bond acceptors (Lipinski definition) is 3. The first-order chi connectivity index (χ1) is 8.12. The summed E-state index contributed by atoms with van der Waals surface area (Å²) in [5.74, 6) is 0. The lowest BCUT2D eigenvalue weighted by atomic mass is 10.0. The van der Waals surface area contributed by atoms with Crippen molar-refractivity contribution in [3.63, 3.8) is 0 Å². The van der Waals surface area contributed by atoms with E-state index in [0.717, 1.165) is 19.3 Å². The van der Waals surface area contributed by atoms with E-state index in [1.54, 1.807) is 0 Å². The normalized spacial score (nSPS) is 38.2. The highest BCUT2D eigenvalue weighted by Gasteiger charge is 2.47. The molecule has 106 valence electrons. The molecule has 0 aromatic rings. The summed E-state index contributed by atoms with van der Waals surface area (Å²) in [6.07, 6.45) is 3.23. The van der Waals surface area contributed by atoms with Crippen LogP contribution in [0.2, 0.25) is 18.1 Å². The van der Waals surface area contributed by atoms with Crippen LogP contribution in [0, 0.1) is 0 Å². The molecule has 2 aliphatic rings. The first-order valence-corrected chi connectivity index (χ1v) is 10.1. The van der Waals surface area contributed by atoms with Crippen LogP contribution in [0.5, 0.6) is 0 Å². The molecular formula is C14H29NO2Si. The van der Waals surface area contributed by atoms with Gasteiger partial charge in [-0.15, -0.1) is 0 Å². The first kappa shape index (κ1) is 14.5. The van der Waals surface area contributed by atoms with Crippen LogP contribution < -0.4 is 0 Å². The van der Waals surface area contributed by atoms with E-state index in [-0.39, 0.29) is 11.1 Å². The van der Waals surface area contributed by atoms with E-state index < -0.39 is 8.32 Å². The number of likely N-dealkylation sites (N-methyl/N-ethyl adjacent to an activating group) is 1. The van der Waals surface area contributed by atoms with E-state index in [9.17, 15) is 5.11 Å². The molecule has 4 heteroatoms. The van der Waals surface area contributed by atoms with Crippen LogP contribution in [0.25, 0.3) is 0 Å². The Kier molecular flexibility index (Phi) is 3.69. The zero-order valence-electron chi connectivity index (χ0n) is 12.7. The van der Waals surface area contributed by atoms with E-state index in [1.165, 1.54) is 0 Å². The number of nitrogens with zero attached hydrogens (tertiary/aromatic N) is 1. The van der Waals surface area contributed by atoms with Crippen LogP contribution in [0.3, 0.4) is 0 Å². The fraction of sp³-hybridized carbons (Fsp3) is 1.00. The van der Waals surface area contributed by atoms with Gasteiger partial charge in [0, 0.05) is 18.2 Å². The van der Waals surface area contributed by atoms with Crippen molar-refractivity contribution in [3.8, 4) is 0 Å². The lowest BCUT2D eigenvalue weighted by Crippen LogP contribution is -2.50. The van der Waals surface area contributed by atoms with E-state index in [2.05, 4.69) is 45.8 Å². The average Bonchev–Trinajstić information content (AvgIpc) is 2.38. The Labute approximate surface area is 113 Å². The Morgan fingerprint density at radius 2 is 1.78 bits per heavy atom. The standard InChI is InChI=1S/C14H29NO2Si/c1-14(2,3)18(5,6)17-11-7-10-8-13(16)12(9-11)15(10)4/h10-13,16H,7-9H2,1-6H3/t10-,11-,12+,13-/m0/s1. The van der Waals surface area contributed by atoms with Gasteiger partial charge in [0.05, 0.1) is 6.10 Å². The van der Waals surface area contributed by atoms with Crippen LogP contribution in [0.4, 0.5) is 0 Å². The van der Waals surface area contributed by atoms with Gasteiger partial charge in [-0.3, -0.25) is 4.90 Å². The third kappa shape index (κ3) is 2.53. The van der Waals surface area contributed by atoms with Gasteiger partial charge in [-0.05, 0) is 44.4 Å². The molecule has 0 aliphatic carbocycles. The minimum Gasteiger partial charge on any atom is -0.414 e. The van der Waals surface area contributed by atoms with Crippen LogP contribution in [-0.4, -0.2) is 49.7 Å². The number of rotatable bonds is 2. The summed E-state index contributed by atoms with van der Waals surface area (Å²) >= 11 is 0. The summed E-state index contributed by atoms with van der Waals surface area (Å²) in [5.41, 5.74) is 0. The second-order valence-corrected chi connectivity index (χ2v) is 12.4. The maximum atomic E-state index is 10.1. The number of hydrogen-bond donors (Lipinski definition) is 1. The molecule has 2 fully saturated rings. The second-order valence-electron chi connectivity index (χ2n) is 7.66. The highest BCUT2D eigenvalue weighted by atomic mass is 28.4. The summed E-state index contributed by atoms with van der Waals surface area (Å²) in [7, 11) is 0.479. The van der Waals surface area contributed by atoms with Gasteiger partial charge in [-0.25, -0.2) is 0 Å². The Hall–Kier alpha value is 0.0969. The summed E-state index contributed by atoms with van der Waals surface area (Å²) in [6.45, 7) is 11.5. The fourth-order valence-corrected chi connectivity index (χ4v) is 4.47. The Morgan fingerprint density at radius 3 is 2.28 bits per heavy atom. The summed E-state index contributed by atoms with van der Waals surface area (Å²) in [5, 5.41) is 10.3. The van der Waals surface area contributed by atoms with Crippen molar-refractivity contribution in [2.24, 2.45) is 0 Å². The van der Waals surface area contributed by atoms with Crippen molar-refractivity contribution in [2.45, 2.75) is 82.5 Å². The van der Waals surface area contributed by atoms with E-state index in [1.807, 2.05) is 0 Å². The lowest BCUT2D eigenvalue weighted by molar-refractivity contribution is 0.0339. The molecule has 2 rings (SSSR count). The third-order valence-corrected chi connectivity index (χ3v) is 9.90. The van der Waals surface area contributed by atoms with Gasteiger partial charge < -0.3 is 9.53 Å². The number of aliphatic hydroxyl groups is 1. The van der Waals surface area contributed by atoms with Crippen LogP contribution in [-0.2, 0) is 4.43 Å². The van der Waals surface area contributed by atoms with Crippen molar-refractivity contribution in [3.05, 3.63) is 0 Å². The number of fused-ring (bicyclic) bond motifs is 2. The molecular weight excluding hydrogens is 242 g/mol. The van der Waals surface area contributed by atoms with E-state index in [4.69, 9.17) is 4.43 Å². The largest absolute Gasteiger partial charge is 0.414 e. The predicted octanol–water partition coefficient (Wildman–Crippen LogP) is 2.60. The number of aliphatic hydroxyl groups excluding tert-OH is 1. The third-order valence-electron chi connectivity index (χ3n) is 5.36. The zero-order valence-corrected chi connectivity index (χ0v) is 13.7. The molecule has 1 N–H and O–H groups in total. The summed E-state index contributed by atoms with van der Waals surface area (Å²) in [4.78, 5) is 2.36. The molecule has 2 bridgehead atoms. The molecule has 0 unspecified atom stereocenters. The van der Waals surface area contributed by atoms with Crippen molar-refractivity contribution >= 4 is 8.32 Å². The molecule has 0 aromatic heterocycles. The van der Waals surface area contributed by atoms with Gasteiger partial charge >= 0.3 is 0 Å². The van der Waals surface area contributed by atoms with Crippen molar-refractivity contribution in [2.75, 3.05) is 7.05 Å². The first-order valence-electron chi connectivity index (χ1n) is 7.19. The minimum absolute atomic E-state index is 0.145. The SMILES string of the molecule is CN1[C@H]2C[C@H](O[Si](C)(C)C(C)(C)C)C[C@@H]1[C@@H](O)C2. The summed E-state index contributed by atoms with van der Waals surface area (Å²) in [6, 6.07) is 0.840. The predicted molar refractivity (Wildman–Crippen MR) is 77.3 cm³/mol. The molecule has 3 nitrogen and oxygen atoms in total. The minimum atomic E-state index is -1.67. The molecule has 2 aliphatic heterocycles. The van der Waals surface area contributed by atoms with Crippen LogP contribution in [0.15, 0.2) is 0 Å². The molecule has 18 heavy (non-hydrogen) atoms. The highest BCUT2D eigenvalue weighted by Crippen LogP contribution is 2.41. The van der Waals surface area contributed by atoms with Crippen molar-refractivity contribution < 1.29 is 9.53 Å². The van der Waals surface area contributed by atoms with Crippen LogP contribution >= 0.6 is 0 Å². The van der Waals surface area contributed by atoms with E-state index in [0.29, 0.717) is 18.2 Å². The van der Waals surface area contributed by atoms with Gasteiger partial charge in [0.15, 0.2) is 8.32 Å². The van der Waals surface area contributed by atoms with Crippen molar-refractivity contribution in [1.29, 1.82) is 0 Å². The highest BCUT2D eigenvalue weighted by molar-refractivity contribution is 6.74. The van der Waals surface area contributed by atoms with Gasteiger partial charge in [-0.2, -0.15) is 0 Å². The molecule has 0 saturated carbocycles. The Bertz CT molecular complexity index is 313. The molecule has 0 amide bonds. The van der Waals surface area contributed by atoms with Crippen molar-refractivity contribution in [1.82, 2.24) is 4.90 Å². The maximum absolute atomic E-state index is 10.1. The summed E-state index contributed by atoms with van der Waals surface area (Å²) < 4.78 is 6.52. The molecule has 0 aromatic carbocycles. The Balaban J connectivity index is 2.02. The molecule has 0 spiro atoms. The van der Waals surface area contributed by atoms with Gasteiger partial charge in [0.1, 0.15) is 0 Å². The maximum Gasteiger partial charge on any atom is 0.192 e. The van der Waals surface area contributed by atoms with Crippen LogP contribution in [0.1, 0.15) is 40.0 Å². The molecule has 2 heterocycles. The fourth-order valence-electron chi connectivity index (χ4n) is 3.09. The monoisotopic (exact) mass is 271 g/mol. The molecule has 0 radical (unpaired) electrons. The van der Waals surface area contributed by atoms with Gasteiger partial charge in [-0.1, -0.05) is 20.8 Å². The quantitative estimate of drug-likeness (QED) is 0.784. The molecule has 4 atom stereocenters. The Morgan fingerprint density at radius 1 is 1.17 bits per heavy atom.